The Morgan fingerprint density at radius 1 is 1.06 bits per heavy atom. The predicted molar refractivity (Wildman–Crippen MR) is 128 cm³/mol. The van der Waals surface area contributed by atoms with Crippen LogP contribution in [0.25, 0.3) is 21.1 Å². The van der Waals surface area contributed by atoms with Crippen LogP contribution in [0.15, 0.2) is 54.1 Å². The van der Waals surface area contributed by atoms with E-state index in [1.807, 2.05) is 47.9 Å². The summed E-state index contributed by atoms with van der Waals surface area (Å²) in [5.41, 5.74) is 1.54. The van der Waals surface area contributed by atoms with Crippen LogP contribution in [0.4, 0.5) is 5.13 Å². The maximum Gasteiger partial charge on any atom is 0.233 e. The third-order valence-corrected chi connectivity index (χ3v) is 6.88. The van der Waals surface area contributed by atoms with Crippen LogP contribution in [0.1, 0.15) is 0 Å². The van der Waals surface area contributed by atoms with Crippen molar-refractivity contribution in [2.75, 3.05) is 25.3 Å². The molecule has 3 heterocycles. The quantitative estimate of drug-likeness (QED) is 0.404. The van der Waals surface area contributed by atoms with Gasteiger partial charge in [-0.3, -0.25) is 9.78 Å². The Balaban J connectivity index is 1.42. The van der Waals surface area contributed by atoms with E-state index in [1.54, 1.807) is 32.2 Å². The van der Waals surface area contributed by atoms with E-state index in [0.29, 0.717) is 28.1 Å². The molecule has 0 saturated heterocycles. The van der Waals surface area contributed by atoms with Crippen LogP contribution >= 0.6 is 23.1 Å². The topological polar surface area (TPSA) is 82.6 Å². The number of rotatable bonds is 6. The second-order valence-corrected chi connectivity index (χ2v) is 9.01. The molecule has 1 aliphatic rings. The van der Waals surface area contributed by atoms with Crippen LogP contribution in [0, 0.1) is 5.92 Å². The molecule has 4 aromatic rings. The number of hydrogen-bond acceptors (Lipinski definition) is 8. The maximum atomic E-state index is 12.4. The first-order valence-electron chi connectivity index (χ1n) is 9.83. The average molecular weight is 466 g/mol. The third kappa shape index (κ3) is 3.96. The number of anilines is 1. The van der Waals surface area contributed by atoms with Gasteiger partial charge in [0.05, 0.1) is 35.9 Å². The monoisotopic (exact) mass is 465 g/mol. The number of benzene rings is 2. The van der Waals surface area contributed by atoms with Crippen molar-refractivity contribution in [3.8, 4) is 23.0 Å². The van der Waals surface area contributed by atoms with Crippen LogP contribution in [-0.2, 0) is 4.79 Å². The molecule has 2 aromatic heterocycles. The summed E-state index contributed by atoms with van der Waals surface area (Å²) in [6.07, 6.45) is 3.61. The van der Waals surface area contributed by atoms with Gasteiger partial charge >= 0.3 is 0 Å². The van der Waals surface area contributed by atoms with Crippen molar-refractivity contribution in [3.63, 3.8) is 0 Å². The van der Waals surface area contributed by atoms with Crippen LogP contribution in [0.2, 0.25) is 0 Å². The zero-order valence-electron chi connectivity index (χ0n) is 17.3. The lowest BCUT2D eigenvalue weighted by molar-refractivity contribution is -0.117. The van der Waals surface area contributed by atoms with Crippen molar-refractivity contribution in [2.45, 2.75) is 0 Å². The molecule has 162 valence electrons. The summed E-state index contributed by atoms with van der Waals surface area (Å²) in [5, 5.41) is 6.27. The standard InChI is InChI=1S/C23H19N3O4S2/c1-28-19-10-15-17(11-20(19)29-2)24-7-5-18(15)30-14-3-4-16-21(9-14)32-23(25-16)26-22(27)13-6-8-31-12-13/h3-11,13H,12H2,1-2H3,(H,25,26,27). The minimum Gasteiger partial charge on any atom is -0.493 e. The number of ether oxygens (including phenoxy) is 3. The van der Waals surface area contributed by atoms with E-state index < -0.39 is 0 Å². The SMILES string of the molecule is COc1cc2nccc(Oc3ccc4nc(NC(=O)C5C=CSC5)sc4c3)c2cc1OC. The normalized spacial score (nSPS) is 15.2. The first kappa shape index (κ1) is 20.6. The molecule has 7 nitrogen and oxygen atoms in total. The van der Waals surface area contributed by atoms with Gasteiger partial charge in [0.1, 0.15) is 11.5 Å². The summed E-state index contributed by atoms with van der Waals surface area (Å²) < 4.78 is 17.9. The summed E-state index contributed by atoms with van der Waals surface area (Å²) in [7, 11) is 3.19. The molecule has 1 N–H and O–H groups in total. The van der Waals surface area contributed by atoms with Crippen LogP contribution in [-0.4, -0.2) is 35.8 Å². The minimum atomic E-state index is -0.110. The average Bonchev–Trinajstić information content (AvgIpc) is 3.48. The summed E-state index contributed by atoms with van der Waals surface area (Å²) in [6, 6.07) is 11.1. The minimum absolute atomic E-state index is 0.0330. The fourth-order valence-corrected chi connectivity index (χ4v) is 5.19. The lowest BCUT2D eigenvalue weighted by atomic mass is 10.2. The summed E-state index contributed by atoms with van der Waals surface area (Å²) in [5.74, 6) is 3.15. The van der Waals surface area contributed by atoms with Crippen molar-refractivity contribution < 1.29 is 19.0 Å². The number of fused-ring (bicyclic) bond motifs is 2. The molecule has 32 heavy (non-hydrogen) atoms. The first-order valence-corrected chi connectivity index (χ1v) is 11.7. The third-order valence-electron chi connectivity index (χ3n) is 5.04. The Hall–Kier alpha value is -3.30. The fourth-order valence-electron chi connectivity index (χ4n) is 3.41. The number of amides is 1. The van der Waals surface area contributed by atoms with Gasteiger partial charge in [-0.1, -0.05) is 17.4 Å². The summed E-state index contributed by atoms with van der Waals surface area (Å²) in [6.45, 7) is 0. The molecule has 0 spiro atoms. The number of carbonyl (C=O) groups is 1. The number of nitrogens with zero attached hydrogens (tertiary/aromatic N) is 2. The van der Waals surface area contributed by atoms with Gasteiger partial charge in [0.25, 0.3) is 0 Å². The highest BCUT2D eigenvalue weighted by atomic mass is 32.2. The molecule has 1 aliphatic heterocycles. The molecule has 1 atom stereocenters. The highest BCUT2D eigenvalue weighted by molar-refractivity contribution is 8.02. The number of thioether (sulfide) groups is 1. The number of carbonyl (C=O) groups excluding carboxylic acids is 1. The van der Waals surface area contributed by atoms with Gasteiger partial charge in [-0.15, -0.1) is 11.8 Å². The molecule has 0 aliphatic carbocycles. The predicted octanol–water partition coefficient (Wildman–Crippen LogP) is 5.47. The lowest BCUT2D eigenvalue weighted by Crippen LogP contribution is -2.21. The van der Waals surface area contributed by atoms with Crippen LogP contribution in [0.3, 0.4) is 0 Å². The summed E-state index contributed by atoms with van der Waals surface area (Å²) >= 11 is 3.06. The van der Waals surface area contributed by atoms with Gasteiger partial charge in [-0.2, -0.15) is 0 Å². The second kappa shape index (κ2) is 8.68. The molecule has 0 radical (unpaired) electrons. The number of methoxy groups -OCH3 is 2. The number of nitrogens with one attached hydrogen (secondary N) is 1. The highest BCUT2D eigenvalue weighted by Gasteiger charge is 2.20. The van der Waals surface area contributed by atoms with Gasteiger partial charge in [-0.05, 0) is 29.7 Å². The zero-order valence-corrected chi connectivity index (χ0v) is 19.0. The highest BCUT2D eigenvalue weighted by Crippen LogP contribution is 2.38. The van der Waals surface area contributed by atoms with E-state index in [0.717, 1.165) is 26.9 Å². The molecule has 0 fully saturated rings. The van der Waals surface area contributed by atoms with Gasteiger partial charge in [0, 0.05) is 29.5 Å². The van der Waals surface area contributed by atoms with E-state index in [9.17, 15) is 4.79 Å². The zero-order chi connectivity index (χ0) is 22.1. The molecule has 0 bridgehead atoms. The number of aromatic nitrogens is 2. The van der Waals surface area contributed by atoms with Gasteiger partial charge in [0.2, 0.25) is 5.91 Å². The Labute approximate surface area is 192 Å². The van der Waals surface area contributed by atoms with Crippen molar-refractivity contribution in [1.82, 2.24) is 9.97 Å². The molecule has 1 unspecified atom stereocenters. The molecular formula is C23H19N3O4S2. The van der Waals surface area contributed by atoms with Crippen molar-refractivity contribution >= 4 is 55.3 Å². The Kier molecular flexibility index (Phi) is 5.59. The summed E-state index contributed by atoms with van der Waals surface area (Å²) in [4.78, 5) is 21.3. The lowest BCUT2D eigenvalue weighted by Gasteiger charge is -2.12. The number of thiazole rings is 1. The van der Waals surface area contributed by atoms with Crippen LogP contribution in [0.5, 0.6) is 23.0 Å². The molecule has 9 heteroatoms. The van der Waals surface area contributed by atoms with Crippen molar-refractivity contribution in [2.24, 2.45) is 5.92 Å². The van der Waals surface area contributed by atoms with Crippen molar-refractivity contribution in [3.05, 3.63) is 54.1 Å². The second-order valence-electron chi connectivity index (χ2n) is 7.04. The molecular weight excluding hydrogens is 446 g/mol. The van der Waals surface area contributed by atoms with E-state index in [4.69, 9.17) is 14.2 Å². The van der Waals surface area contributed by atoms with E-state index in [2.05, 4.69) is 15.3 Å². The molecule has 5 rings (SSSR count). The smallest absolute Gasteiger partial charge is 0.233 e. The van der Waals surface area contributed by atoms with E-state index >= 15 is 0 Å². The van der Waals surface area contributed by atoms with E-state index in [1.165, 1.54) is 11.3 Å². The number of pyridine rings is 1. The largest absolute Gasteiger partial charge is 0.493 e. The van der Waals surface area contributed by atoms with E-state index in [-0.39, 0.29) is 11.8 Å². The van der Waals surface area contributed by atoms with Gasteiger partial charge in [-0.25, -0.2) is 4.98 Å². The Morgan fingerprint density at radius 2 is 1.91 bits per heavy atom. The number of hydrogen-bond donors (Lipinski definition) is 1. The molecule has 2 aromatic carbocycles. The Bertz CT molecular complexity index is 1350. The van der Waals surface area contributed by atoms with Gasteiger partial charge < -0.3 is 19.5 Å². The molecule has 1 amide bonds. The van der Waals surface area contributed by atoms with Crippen molar-refractivity contribution in [1.29, 1.82) is 0 Å². The first-order chi connectivity index (χ1) is 15.6. The fraction of sp³-hybridized carbons (Fsp3) is 0.174. The Morgan fingerprint density at radius 3 is 2.69 bits per heavy atom. The van der Waals surface area contributed by atoms with Gasteiger partial charge in [0.15, 0.2) is 16.6 Å². The van der Waals surface area contributed by atoms with Crippen LogP contribution < -0.4 is 19.5 Å². The maximum absolute atomic E-state index is 12.4. The molecule has 0 saturated carbocycles.